The number of benzene rings is 1. The van der Waals surface area contributed by atoms with Crippen molar-refractivity contribution in [2.24, 2.45) is 5.92 Å². The molecule has 0 spiro atoms. The van der Waals surface area contributed by atoms with Crippen molar-refractivity contribution in [3.05, 3.63) is 25.6 Å². The van der Waals surface area contributed by atoms with Crippen molar-refractivity contribution in [2.75, 3.05) is 6.61 Å². The Morgan fingerprint density at radius 2 is 1.74 bits per heavy atom. The molecule has 0 bridgehead atoms. The number of rotatable bonds is 5. The lowest BCUT2D eigenvalue weighted by Gasteiger charge is -2.18. The molecule has 0 heterocycles. The Morgan fingerprint density at radius 1 is 1.21 bits per heavy atom. The van der Waals surface area contributed by atoms with E-state index in [4.69, 9.17) is 4.74 Å². The lowest BCUT2D eigenvalue weighted by Crippen LogP contribution is -2.39. The van der Waals surface area contributed by atoms with Crippen molar-refractivity contribution in [3.63, 3.8) is 0 Å². The summed E-state index contributed by atoms with van der Waals surface area (Å²) < 4.78 is 8.05. The van der Waals surface area contributed by atoms with E-state index in [9.17, 15) is 4.79 Å². The normalized spacial score (nSPS) is 12.4. The molecule has 1 aromatic carbocycles. The van der Waals surface area contributed by atoms with Crippen molar-refractivity contribution >= 4 is 53.7 Å². The molecule has 0 aliphatic rings. The second-order valence-electron chi connectivity index (χ2n) is 4.59. The fourth-order valence-corrected chi connectivity index (χ4v) is 3.75. The zero-order valence-electron chi connectivity index (χ0n) is 11.0. The monoisotopic (exact) mass is 455 g/mol. The molecule has 1 rings (SSSR count). The molecule has 1 amide bonds. The first-order valence-electron chi connectivity index (χ1n) is 5.88. The van der Waals surface area contributed by atoms with Crippen LogP contribution in [0.2, 0.25) is 0 Å². The van der Waals surface area contributed by atoms with E-state index in [-0.39, 0.29) is 18.6 Å². The van der Waals surface area contributed by atoms with Gasteiger partial charge in [-0.1, -0.05) is 29.8 Å². The Bertz CT molecular complexity index is 440. The summed E-state index contributed by atoms with van der Waals surface area (Å²) in [6.07, 6.45) is 0. The summed E-state index contributed by atoms with van der Waals surface area (Å²) in [7, 11) is 0. The number of amides is 1. The minimum absolute atomic E-state index is 0.00408. The van der Waals surface area contributed by atoms with Crippen molar-refractivity contribution in [3.8, 4) is 5.75 Å². The summed E-state index contributed by atoms with van der Waals surface area (Å²) in [5.41, 5.74) is 0. The van der Waals surface area contributed by atoms with Crippen LogP contribution in [-0.2, 0) is 4.79 Å². The minimum atomic E-state index is -0.122. The van der Waals surface area contributed by atoms with Crippen LogP contribution in [0.1, 0.15) is 20.8 Å². The quantitative estimate of drug-likeness (QED) is 0.706. The molecule has 106 valence electrons. The Balaban J connectivity index is 2.60. The van der Waals surface area contributed by atoms with Crippen molar-refractivity contribution in [1.29, 1.82) is 0 Å². The molecule has 0 saturated heterocycles. The maximum atomic E-state index is 11.7. The van der Waals surface area contributed by atoms with Crippen LogP contribution in [0.25, 0.3) is 0 Å². The molecule has 0 aliphatic carbocycles. The van der Waals surface area contributed by atoms with Gasteiger partial charge in [0.05, 0.1) is 8.95 Å². The summed E-state index contributed by atoms with van der Waals surface area (Å²) in [4.78, 5) is 11.7. The molecule has 3 nitrogen and oxygen atoms in total. The SMILES string of the molecule is CC(C)C(C)NC(=O)COc1c(Br)cc(Br)cc1Br. The van der Waals surface area contributed by atoms with Crippen LogP contribution in [-0.4, -0.2) is 18.6 Å². The number of nitrogens with one attached hydrogen (secondary N) is 1. The second-order valence-corrected chi connectivity index (χ2v) is 7.21. The third kappa shape index (κ3) is 5.44. The predicted octanol–water partition coefficient (Wildman–Crippen LogP) is 4.51. The highest BCUT2D eigenvalue weighted by Gasteiger charge is 2.13. The molecule has 19 heavy (non-hydrogen) atoms. The number of carbonyl (C=O) groups is 1. The fraction of sp³-hybridized carbons (Fsp3) is 0.462. The Labute approximate surface area is 138 Å². The second kappa shape index (κ2) is 7.64. The van der Waals surface area contributed by atoms with Gasteiger partial charge in [-0.3, -0.25) is 4.79 Å². The molecule has 1 unspecified atom stereocenters. The molecule has 0 aromatic heterocycles. The van der Waals surface area contributed by atoms with E-state index in [1.54, 1.807) is 0 Å². The topological polar surface area (TPSA) is 38.3 Å². The summed E-state index contributed by atoms with van der Waals surface area (Å²) in [5, 5.41) is 2.90. The van der Waals surface area contributed by atoms with Gasteiger partial charge in [0, 0.05) is 10.5 Å². The van der Waals surface area contributed by atoms with Crippen molar-refractivity contribution < 1.29 is 9.53 Å². The Morgan fingerprint density at radius 3 is 2.21 bits per heavy atom. The summed E-state index contributed by atoms with van der Waals surface area (Å²) >= 11 is 10.2. The van der Waals surface area contributed by atoms with Crippen LogP contribution in [0.5, 0.6) is 5.75 Å². The number of halogens is 3. The smallest absolute Gasteiger partial charge is 0.258 e. The largest absolute Gasteiger partial charge is 0.481 e. The fourth-order valence-electron chi connectivity index (χ4n) is 1.27. The zero-order valence-corrected chi connectivity index (χ0v) is 15.7. The lowest BCUT2D eigenvalue weighted by atomic mass is 10.1. The van der Waals surface area contributed by atoms with E-state index < -0.39 is 0 Å². The highest BCUT2D eigenvalue weighted by molar-refractivity contribution is 9.11. The Hall–Kier alpha value is -0.0700. The van der Waals surface area contributed by atoms with Gasteiger partial charge in [-0.25, -0.2) is 0 Å². The minimum Gasteiger partial charge on any atom is -0.481 e. The van der Waals surface area contributed by atoms with Gasteiger partial charge in [0.25, 0.3) is 5.91 Å². The molecular weight excluding hydrogens is 442 g/mol. The summed E-state index contributed by atoms with van der Waals surface area (Å²) in [6, 6.07) is 3.87. The van der Waals surface area contributed by atoms with E-state index in [0.29, 0.717) is 11.7 Å². The zero-order chi connectivity index (χ0) is 14.6. The first-order chi connectivity index (χ1) is 8.81. The third-order valence-electron chi connectivity index (χ3n) is 2.70. The standard InChI is InChI=1S/C13H16Br3NO2/c1-7(2)8(3)17-12(18)6-19-13-10(15)4-9(14)5-11(13)16/h4-5,7-8H,6H2,1-3H3,(H,17,18). The van der Waals surface area contributed by atoms with E-state index in [0.717, 1.165) is 13.4 Å². The van der Waals surface area contributed by atoms with Crippen LogP contribution in [0.15, 0.2) is 25.6 Å². The van der Waals surface area contributed by atoms with Crippen LogP contribution >= 0.6 is 47.8 Å². The highest BCUT2D eigenvalue weighted by atomic mass is 79.9. The van der Waals surface area contributed by atoms with E-state index >= 15 is 0 Å². The van der Waals surface area contributed by atoms with Crippen molar-refractivity contribution in [1.82, 2.24) is 5.32 Å². The summed E-state index contributed by atoms with van der Waals surface area (Å²) in [6.45, 7) is 6.10. The average Bonchev–Trinajstić information content (AvgIpc) is 2.27. The molecule has 0 saturated carbocycles. The molecule has 0 radical (unpaired) electrons. The van der Waals surface area contributed by atoms with Crippen LogP contribution in [0.4, 0.5) is 0 Å². The van der Waals surface area contributed by atoms with Crippen LogP contribution < -0.4 is 10.1 Å². The molecule has 1 N–H and O–H groups in total. The van der Waals surface area contributed by atoms with Gasteiger partial charge in [0.2, 0.25) is 0 Å². The molecule has 0 aliphatic heterocycles. The summed E-state index contributed by atoms with van der Waals surface area (Å²) in [5.74, 6) is 0.897. The van der Waals surface area contributed by atoms with Gasteiger partial charge in [-0.2, -0.15) is 0 Å². The lowest BCUT2D eigenvalue weighted by molar-refractivity contribution is -0.124. The van der Waals surface area contributed by atoms with Gasteiger partial charge >= 0.3 is 0 Å². The van der Waals surface area contributed by atoms with Gasteiger partial charge in [0.15, 0.2) is 6.61 Å². The van der Waals surface area contributed by atoms with Gasteiger partial charge < -0.3 is 10.1 Å². The maximum absolute atomic E-state index is 11.7. The first kappa shape index (κ1) is 17.0. The van der Waals surface area contributed by atoms with Gasteiger partial charge in [-0.15, -0.1) is 0 Å². The molecule has 1 atom stereocenters. The molecule has 6 heteroatoms. The molecule has 0 fully saturated rings. The van der Waals surface area contributed by atoms with Gasteiger partial charge in [0.1, 0.15) is 5.75 Å². The van der Waals surface area contributed by atoms with E-state index in [1.165, 1.54) is 0 Å². The Kier molecular flexibility index (Phi) is 6.83. The number of hydrogen-bond donors (Lipinski definition) is 1. The first-order valence-corrected chi connectivity index (χ1v) is 8.26. The van der Waals surface area contributed by atoms with Crippen molar-refractivity contribution in [2.45, 2.75) is 26.8 Å². The molecule has 1 aromatic rings. The van der Waals surface area contributed by atoms with E-state index in [2.05, 4.69) is 67.0 Å². The molecular formula is C13H16Br3NO2. The van der Waals surface area contributed by atoms with E-state index in [1.807, 2.05) is 19.1 Å². The number of carbonyl (C=O) groups excluding carboxylic acids is 1. The maximum Gasteiger partial charge on any atom is 0.258 e. The van der Waals surface area contributed by atoms with Crippen LogP contribution in [0, 0.1) is 5.92 Å². The van der Waals surface area contributed by atoms with Crippen LogP contribution in [0.3, 0.4) is 0 Å². The highest BCUT2D eigenvalue weighted by Crippen LogP contribution is 2.36. The third-order valence-corrected chi connectivity index (χ3v) is 4.34. The predicted molar refractivity (Wildman–Crippen MR) is 87.5 cm³/mol. The van der Waals surface area contributed by atoms with Gasteiger partial charge in [-0.05, 0) is 56.8 Å². The average molecular weight is 458 g/mol. The number of hydrogen-bond acceptors (Lipinski definition) is 2. The number of ether oxygens (including phenoxy) is 1.